The molecule has 0 radical (unpaired) electrons. The summed E-state index contributed by atoms with van der Waals surface area (Å²) in [6.07, 6.45) is 11.0. The van der Waals surface area contributed by atoms with E-state index in [4.69, 9.17) is 18.0 Å². The van der Waals surface area contributed by atoms with Crippen molar-refractivity contribution >= 4 is 46.2 Å². The second-order valence-electron chi connectivity index (χ2n) is 2.10. The molecule has 0 saturated heterocycles. The summed E-state index contributed by atoms with van der Waals surface area (Å²) in [6, 6.07) is 25.1. The Morgan fingerprint density at radius 1 is 0.864 bits per heavy atom. The summed E-state index contributed by atoms with van der Waals surface area (Å²) < 4.78 is 0. The molecule has 0 aliphatic carbocycles. The van der Waals surface area contributed by atoms with E-state index >= 15 is 0 Å². The first-order valence-corrected chi connectivity index (χ1v) is 10.7. The van der Waals surface area contributed by atoms with Gasteiger partial charge in [0.25, 0.3) is 0 Å². The Bertz CT molecular complexity index is 335. The molecule has 0 spiro atoms. The third-order valence-electron chi connectivity index (χ3n) is 0.630. The van der Waals surface area contributed by atoms with Gasteiger partial charge >= 0.3 is 0 Å². The molecule has 0 heterocycles. The first-order valence-electron chi connectivity index (χ1n) is 5.81. The van der Waals surface area contributed by atoms with Gasteiger partial charge in [-0.25, -0.2) is 0 Å². The van der Waals surface area contributed by atoms with Gasteiger partial charge in [-0.15, -0.1) is 19.4 Å². The largest absolute Gasteiger partial charge is 0.161 e. The molecule has 0 bridgehead atoms. The molecule has 116 valence electrons. The van der Waals surface area contributed by atoms with E-state index in [-0.39, 0.29) is 0 Å². The van der Waals surface area contributed by atoms with Gasteiger partial charge in [0.15, 0.2) is 0 Å². The average molecular weight is 373 g/mol. The monoisotopic (exact) mass is 372 g/mol. The van der Waals surface area contributed by atoms with Gasteiger partial charge in [0, 0.05) is 17.9 Å². The molecule has 0 aromatic rings. The van der Waals surface area contributed by atoms with Crippen LogP contribution in [0.2, 0.25) is 6.04 Å². The quantitative estimate of drug-likeness (QED) is 0.376. The van der Waals surface area contributed by atoms with Crippen molar-refractivity contribution < 1.29 is 0 Å². The maximum atomic E-state index is 5.17. The highest BCUT2D eigenvalue weighted by molar-refractivity contribution is 6.28. The highest BCUT2D eigenvalue weighted by Crippen LogP contribution is 1.75. The SMILES string of the molecule is C#C.C#[SiH].C#[SiH].C#[Si]C=C.C#[Si]C=C.C#[Si]CCC.C=CC. The van der Waals surface area contributed by atoms with E-state index in [0.717, 1.165) is 0 Å². The van der Waals surface area contributed by atoms with Crippen molar-refractivity contribution in [2.24, 2.45) is 0 Å². The fourth-order valence-electron chi connectivity index (χ4n) is 0.144. The zero-order valence-corrected chi connectivity index (χ0v) is 19.3. The molecular formula is C17H28Si5. The molecule has 0 amide bonds. The number of allylic oxidation sites excluding steroid dienone is 1. The van der Waals surface area contributed by atoms with Crippen molar-refractivity contribution in [1.29, 1.82) is 0 Å². The summed E-state index contributed by atoms with van der Waals surface area (Å²) in [7, 11) is 5.30. The van der Waals surface area contributed by atoms with Gasteiger partial charge in [-0.1, -0.05) is 32.6 Å². The molecule has 0 atom stereocenters. The highest BCUT2D eigenvalue weighted by atomic mass is 28.2. The van der Waals surface area contributed by atoms with Crippen LogP contribution >= 0.6 is 0 Å². The number of hydrogen-bond donors (Lipinski definition) is 0. The lowest BCUT2D eigenvalue weighted by Crippen LogP contribution is -1.61. The molecule has 0 fully saturated rings. The Labute approximate surface area is 152 Å². The van der Waals surface area contributed by atoms with Crippen LogP contribution in [0.3, 0.4) is 0 Å². The summed E-state index contributed by atoms with van der Waals surface area (Å²) in [5.41, 5.74) is 3.36. The molecule has 0 aromatic carbocycles. The van der Waals surface area contributed by atoms with Crippen LogP contribution in [-0.2, 0) is 0 Å². The molecule has 0 aliphatic heterocycles. The Morgan fingerprint density at radius 3 is 1.05 bits per heavy atom. The lowest BCUT2D eigenvalue weighted by Gasteiger charge is -1.69. The Kier molecular flexibility index (Phi) is 296. The minimum Gasteiger partial charge on any atom is -0.161 e. The fourth-order valence-corrected chi connectivity index (χ4v) is 0.433. The lowest BCUT2D eigenvalue weighted by molar-refractivity contribution is 1.08. The van der Waals surface area contributed by atoms with E-state index in [1.165, 1.54) is 12.5 Å². The third kappa shape index (κ3) is 775. The molecular weight excluding hydrogens is 345 g/mol. The van der Waals surface area contributed by atoms with Crippen LogP contribution in [-0.4, -0.2) is 46.2 Å². The van der Waals surface area contributed by atoms with Crippen molar-refractivity contribution in [3.05, 3.63) is 37.2 Å². The minimum atomic E-state index is 0.404. The van der Waals surface area contributed by atoms with Gasteiger partial charge in [-0.2, -0.15) is 30.0 Å². The zero-order valence-electron chi connectivity index (χ0n) is 14.0. The minimum absolute atomic E-state index is 0.404. The molecule has 0 aromatic heterocycles. The van der Waals surface area contributed by atoms with E-state index < -0.39 is 0 Å². The van der Waals surface area contributed by atoms with E-state index in [1.54, 1.807) is 17.5 Å². The summed E-state index contributed by atoms with van der Waals surface area (Å²) in [5.74, 6) is 0. The molecule has 0 aliphatic rings. The number of hydrogen-bond acceptors (Lipinski definition) is 0. The second kappa shape index (κ2) is 152. The van der Waals surface area contributed by atoms with E-state index in [2.05, 4.69) is 51.5 Å². The summed E-state index contributed by atoms with van der Waals surface area (Å²) in [6.45, 7) is 14.1. The third-order valence-corrected chi connectivity index (χ3v) is 1.89. The second-order valence-corrected chi connectivity index (χ2v) is 4.50. The van der Waals surface area contributed by atoms with Crippen LogP contribution in [0.5, 0.6) is 0 Å². The van der Waals surface area contributed by atoms with E-state index in [9.17, 15) is 0 Å². The van der Waals surface area contributed by atoms with E-state index in [1.807, 2.05) is 26.3 Å². The fraction of sp³-hybridized carbons (Fsp3) is 0.235. The van der Waals surface area contributed by atoms with Crippen LogP contribution < -0.4 is 0 Å². The van der Waals surface area contributed by atoms with Crippen molar-refractivity contribution in [2.45, 2.75) is 26.3 Å². The maximum Gasteiger partial charge on any atom is 0.0106 e. The van der Waals surface area contributed by atoms with Crippen LogP contribution in [0, 0.1) is 42.8 Å². The molecule has 0 nitrogen and oxygen atoms in total. The summed E-state index contributed by atoms with van der Waals surface area (Å²) >= 11 is 0. The van der Waals surface area contributed by atoms with Crippen molar-refractivity contribution in [3.8, 4) is 42.8 Å². The van der Waals surface area contributed by atoms with Crippen LogP contribution in [0.1, 0.15) is 20.3 Å². The normalized spacial score (nSPS) is 3.68. The molecule has 0 saturated carbocycles. The first-order chi connectivity index (χ1) is 10.7. The number of terminal acetylenes is 1. The van der Waals surface area contributed by atoms with Crippen molar-refractivity contribution in [2.75, 3.05) is 0 Å². The Balaban J connectivity index is -0.0000000247. The van der Waals surface area contributed by atoms with Crippen LogP contribution in [0.15, 0.2) is 37.2 Å². The smallest absolute Gasteiger partial charge is 0.0106 e. The summed E-state index contributed by atoms with van der Waals surface area (Å²) in [4.78, 5) is 0. The van der Waals surface area contributed by atoms with E-state index in [0.29, 0.717) is 26.9 Å². The Hall–Kier alpha value is -1.24. The molecule has 5 heteroatoms. The van der Waals surface area contributed by atoms with Gasteiger partial charge in [-0.3, -0.25) is 0 Å². The van der Waals surface area contributed by atoms with Gasteiger partial charge in [-0.05, 0) is 52.7 Å². The molecule has 22 heavy (non-hydrogen) atoms. The zero-order chi connectivity index (χ0) is 19.7. The van der Waals surface area contributed by atoms with Gasteiger partial charge in [0.05, 0.1) is 0 Å². The predicted octanol–water partition coefficient (Wildman–Crippen LogP) is 2.35. The van der Waals surface area contributed by atoms with Crippen LogP contribution in [0.25, 0.3) is 0 Å². The maximum absolute atomic E-state index is 5.17. The standard InChI is InChI=1S/C4H8Si.2C3H4Si.C3H6.C2H2.2CH2Si/c1-3-4-5-2;2*1-3-4-2;1-3-2;3*1-2/h2H,3-4H2,1H3;2*2-3H,1H2;3H,1H2,2H3;3*1-2H. The molecule has 0 rings (SSSR count). The highest BCUT2D eigenvalue weighted by Gasteiger charge is 1.62. The van der Waals surface area contributed by atoms with Gasteiger partial charge in [0.1, 0.15) is 0 Å². The topological polar surface area (TPSA) is 0 Å². The average Bonchev–Trinajstić information content (AvgIpc) is 2.62. The Morgan fingerprint density at radius 2 is 1.05 bits per heavy atom. The van der Waals surface area contributed by atoms with Crippen molar-refractivity contribution in [1.82, 2.24) is 0 Å². The van der Waals surface area contributed by atoms with Gasteiger partial charge < -0.3 is 0 Å². The van der Waals surface area contributed by atoms with Crippen molar-refractivity contribution in [3.63, 3.8) is 0 Å². The molecule has 0 N–H and O–H groups in total. The predicted molar refractivity (Wildman–Crippen MR) is 118 cm³/mol. The number of rotatable bonds is 1. The lowest BCUT2D eigenvalue weighted by atomic mass is 10.6. The van der Waals surface area contributed by atoms with Gasteiger partial charge in [0.2, 0.25) is 0 Å². The molecule has 0 unspecified atom stereocenters. The van der Waals surface area contributed by atoms with Crippen LogP contribution in [0.4, 0.5) is 0 Å². The summed E-state index contributed by atoms with van der Waals surface area (Å²) in [5, 5.41) is 0. The first kappa shape index (κ1) is 42.8.